The summed E-state index contributed by atoms with van der Waals surface area (Å²) in [6.07, 6.45) is -0.535. The summed E-state index contributed by atoms with van der Waals surface area (Å²) >= 11 is 0. The Hall–Kier alpha value is -4.09. The number of nitrogens with zero attached hydrogens (tertiary/aromatic N) is 3. The lowest BCUT2D eigenvalue weighted by Gasteiger charge is -2.18. The second kappa shape index (κ2) is 9.15. The second-order valence-corrected chi connectivity index (χ2v) is 7.24. The van der Waals surface area contributed by atoms with Crippen molar-refractivity contribution in [2.24, 2.45) is 5.11 Å². The first-order chi connectivity index (χ1) is 15.2. The van der Waals surface area contributed by atoms with Gasteiger partial charge in [-0.25, -0.2) is 4.79 Å². The summed E-state index contributed by atoms with van der Waals surface area (Å²) < 4.78 is 5.50. The third-order valence-corrected chi connectivity index (χ3v) is 5.36. The fraction of sp³-hybridized carbons (Fsp3) is 0.167. The molecule has 1 aliphatic rings. The number of carbonyl (C=O) groups is 2. The van der Waals surface area contributed by atoms with Crippen molar-refractivity contribution in [2.45, 2.75) is 18.4 Å². The van der Waals surface area contributed by atoms with Crippen molar-refractivity contribution in [3.05, 3.63) is 106 Å². The van der Waals surface area contributed by atoms with E-state index in [4.69, 9.17) is 10.3 Å². The van der Waals surface area contributed by atoms with Crippen LogP contribution in [0.15, 0.2) is 84.0 Å². The molecular formula is C24H20N4O3. The normalized spacial score (nSPS) is 12.8. The SMILES string of the molecule is [N-]=[N+]=NC(=O)[C@H](Cc1ccccc1)NC(=O)OCC1c2ccccc2-c2ccccc21. The van der Waals surface area contributed by atoms with E-state index >= 15 is 0 Å². The molecule has 0 fully saturated rings. The molecule has 1 N–H and O–H groups in total. The highest BCUT2D eigenvalue weighted by Gasteiger charge is 2.29. The summed E-state index contributed by atoms with van der Waals surface area (Å²) in [6, 6.07) is 24.3. The van der Waals surface area contributed by atoms with E-state index in [-0.39, 0.29) is 18.9 Å². The Morgan fingerprint density at radius 3 is 2.13 bits per heavy atom. The summed E-state index contributed by atoms with van der Waals surface area (Å²) in [6.45, 7) is 0.133. The Bertz CT molecular complexity index is 1110. The van der Waals surface area contributed by atoms with Crippen LogP contribution in [0.4, 0.5) is 4.79 Å². The van der Waals surface area contributed by atoms with Crippen LogP contribution in [0.3, 0.4) is 0 Å². The van der Waals surface area contributed by atoms with Gasteiger partial charge in [-0.1, -0.05) is 78.9 Å². The van der Waals surface area contributed by atoms with Crippen molar-refractivity contribution in [1.82, 2.24) is 5.32 Å². The molecule has 1 atom stereocenters. The molecule has 2 amide bonds. The van der Waals surface area contributed by atoms with Crippen LogP contribution in [0, 0.1) is 0 Å². The molecule has 0 aliphatic heterocycles. The van der Waals surface area contributed by atoms with Gasteiger partial charge in [0.05, 0.1) is 0 Å². The number of rotatable bonds is 6. The van der Waals surface area contributed by atoms with Crippen LogP contribution >= 0.6 is 0 Å². The van der Waals surface area contributed by atoms with Crippen molar-refractivity contribution >= 4 is 12.0 Å². The van der Waals surface area contributed by atoms with Gasteiger partial charge in [0.1, 0.15) is 12.6 Å². The highest BCUT2D eigenvalue weighted by Crippen LogP contribution is 2.44. The standard InChI is InChI=1S/C24H20N4O3/c25-28-27-23(29)22(14-16-8-2-1-3-9-16)26-24(30)31-15-21-19-12-6-4-10-17(19)18-11-5-7-13-20(18)21/h1-13,21-22H,14-15H2,(H,26,30)/t22-/m0/s1. The van der Waals surface area contributed by atoms with Gasteiger partial charge in [0.2, 0.25) is 5.91 Å². The smallest absolute Gasteiger partial charge is 0.407 e. The van der Waals surface area contributed by atoms with Gasteiger partial charge in [-0.15, -0.1) is 0 Å². The average molecular weight is 412 g/mol. The minimum Gasteiger partial charge on any atom is -0.449 e. The highest BCUT2D eigenvalue weighted by atomic mass is 16.5. The number of ether oxygens (including phenoxy) is 1. The first-order valence-corrected chi connectivity index (χ1v) is 9.91. The number of fused-ring (bicyclic) bond motifs is 3. The van der Waals surface area contributed by atoms with Crippen LogP contribution < -0.4 is 5.32 Å². The molecule has 0 heterocycles. The van der Waals surface area contributed by atoms with Crippen molar-refractivity contribution < 1.29 is 14.3 Å². The first-order valence-electron chi connectivity index (χ1n) is 9.91. The monoisotopic (exact) mass is 412 g/mol. The molecule has 0 saturated carbocycles. The van der Waals surface area contributed by atoms with Crippen LogP contribution in [0.5, 0.6) is 0 Å². The van der Waals surface area contributed by atoms with Crippen molar-refractivity contribution in [1.29, 1.82) is 0 Å². The van der Waals surface area contributed by atoms with Gasteiger partial charge in [0.25, 0.3) is 0 Å². The Morgan fingerprint density at radius 2 is 1.52 bits per heavy atom. The lowest BCUT2D eigenvalue weighted by molar-refractivity contribution is -0.119. The van der Waals surface area contributed by atoms with E-state index in [0.717, 1.165) is 27.8 Å². The lowest BCUT2D eigenvalue weighted by atomic mass is 9.98. The Labute approximate surface area is 179 Å². The van der Waals surface area contributed by atoms with Gasteiger partial charge in [-0.05, 0) is 38.5 Å². The van der Waals surface area contributed by atoms with Crippen molar-refractivity contribution in [3.63, 3.8) is 0 Å². The number of nitrogens with one attached hydrogen (secondary N) is 1. The van der Waals surface area contributed by atoms with Crippen LogP contribution in [0.25, 0.3) is 21.6 Å². The summed E-state index contributed by atoms with van der Waals surface area (Å²) in [4.78, 5) is 27.2. The number of amides is 2. The largest absolute Gasteiger partial charge is 0.449 e. The maximum absolute atomic E-state index is 12.5. The van der Waals surface area contributed by atoms with E-state index in [1.165, 1.54) is 0 Å². The van der Waals surface area contributed by atoms with Crippen molar-refractivity contribution in [3.8, 4) is 11.1 Å². The van der Waals surface area contributed by atoms with Gasteiger partial charge >= 0.3 is 6.09 Å². The van der Waals surface area contributed by atoms with Crippen LogP contribution in [-0.2, 0) is 16.0 Å². The molecule has 7 heteroatoms. The van der Waals surface area contributed by atoms with Crippen molar-refractivity contribution in [2.75, 3.05) is 6.61 Å². The van der Waals surface area contributed by atoms with Gasteiger partial charge in [-0.2, -0.15) is 0 Å². The molecule has 0 aromatic heterocycles. The van der Waals surface area contributed by atoms with E-state index in [1.807, 2.05) is 66.7 Å². The molecule has 154 valence electrons. The average Bonchev–Trinajstić information content (AvgIpc) is 3.12. The Kier molecular flexibility index (Phi) is 5.96. The van der Waals surface area contributed by atoms with E-state index in [2.05, 4.69) is 27.5 Å². The molecule has 7 nitrogen and oxygen atoms in total. The van der Waals surface area contributed by atoms with E-state index in [9.17, 15) is 9.59 Å². The number of benzene rings is 3. The first kappa shape index (κ1) is 20.2. The molecule has 0 unspecified atom stereocenters. The van der Waals surface area contributed by atoms with Gasteiger partial charge in [0.15, 0.2) is 0 Å². The fourth-order valence-electron chi connectivity index (χ4n) is 3.95. The molecule has 0 spiro atoms. The molecule has 1 aliphatic carbocycles. The third kappa shape index (κ3) is 4.42. The van der Waals surface area contributed by atoms with E-state index in [1.54, 1.807) is 0 Å². The molecule has 0 saturated heterocycles. The molecule has 0 radical (unpaired) electrons. The number of alkyl carbamates (subject to hydrolysis) is 1. The molecule has 31 heavy (non-hydrogen) atoms. The number of hydrogen-bond acceptors (Lipinski definition) is 3. The van der Waals surface area contributed by atoms with Crippen LogP contribution in [0.2, 0.25) is 0 Å². The molecular weight excluding hydrogens is 392 g/mol. The predicted octanol–water partition coefficient (Wildman–Crippen LogP) is 4.97. The molecule has 3 aromatic carbocycles. The maximum Gasteiger partial charge on any atom is 0.407 e. The third-order valence-electron chi connectivity index (χ3n) is 5.36. The minimum absolute atomic E-state index is 0.0847. The minimum atomic E-state index is -1.01. The quantitative estimate of drug-likeness (QED) is 0.351. The Balaban J connectivity index is 1.46. The van der Waals surface area contributed by atoms with E-state index in [0.29, 0.717) is 0 Å². The van der Waals surface area contributed by atoms with E-state index < -0.39 is 18.0 Å². The summed E-state index contributed by atoms with van der Waals surface area (Å²) in [5.74, 6) is -0.849. The molecule has 0 bridgehead atoms. The zero-order valence-electron chi connectivity index (χ0n) is 16.6. The van der Waals surface area contributed by atoms with Crippen LogP contribution in [0.1, 0.15) is 22.6 Å². The van der Waals surface area contributed by atoms with Gasteiger partial charge in [-0.3, -0.25) is 4.79 Å². The number of hydrogen-bond donors (Lipinski definition) is 1. The summed E-state index contributed by atoms with van der Waals surface area (Å²) in [7, 11) is 0. The van der Waals surface area contributed by atoms with Gasteiger partial charge < -0.3 is 10.1 Å². The van der Waals surface area contributed by atoms with Crippen LogP contribution in [-0.4, -0.2) is 24.6 Å². The van der Waals surface area contributed by atoms with Gasteiger partial charge in [0, 0.05) is 17.3 Å². The maximum atomic E-state index is 12.5. The lowest BCUT2D eigenvalue weighted by Crippen LogP contribution is -2.42. The Morgan fingerprint density at radius 1 is 0.935 bits per heavy atom. The summed E-state index contributed by atoms with van der Waals surface area (Å²) in [5, 5.41) is 5.69. The number of carbonyl (C=O) groups excluding carboxylic acids is 2. The zero-order valence-corrected chi connectivity index (χ0v) is 16.6. The summed E-state index contributed by atoms with van der Waals surface area (Å²) in [5.41, 5.74) is 13.9. The molecule has 3 aromatic rings. The second-order valence-electron chi connectivity index (χ2n) is 7.24. The fourth-order valence-corrected chi connectivity index (χ4v) is 3.95. The predicted molar refractivity (Wildman–Crippen MR) is 116 cm³/mol. The number of azide groups is 1. The zero-order chi connectivity index (χ0) is 21.6. The topological polar surface area (TPSA) is 104 Å². The highest BCUT2D eigenvalue weighted by molar-refractivity contribution is 5.86. The molecule has 4 rings (SSSR count).